The third-order valence-electron chi connectivity index (χ3n) is 2.81. The Hall–Kier alpha value is -2.12. The highest BCUT2D eigenvalue weighted by molar-refractivity contribution is 7.99. The van der Waals surface area contributed by atoms with E-state index in [4.69, 9.17) is 5.73 Å². The number of rotatable bonds is 4. The van der Waals surface area contributed by atoms with Crippen LogP contribution in [0.25, 0.3) is 5.65 Å². The topological polar surface area (TPSA) is 89.1 Å². The van der Waals surface area contributed by atoms with Gasteiger partial charge in [0.25, 0.3) is 5.56 Å². The maximum atomic E-state index is 11.3. The molecule has 7 heteroatoms. The molecule has 0 aliphatic carbocycles. The lowest BCUT2D eigenvalue weighted by Crippen LogP contribution is -2.07. The second kappa shape index (κ2) is 5.48. The molecule has 0 atom stereocenters. The number of fused-ring (bicyclic) bond motifs is 1. The maximum absolute atomic E-state index is 11.3. The van der Waals surface area contributed by atoms with Crippen LogP contribution in [0, 0.1) is 0 Å². The van der Waals surface area contributed by atoms with Gasteiger partial charge in [-0.1, -0.05) is 6.07 Å². The number of H-pyrrole nitrogens is 1. The minimum atomic E-state index is -0.174. The molecule has 0 amide bonds. The van der Waals surface area contributed by atoms with Crippen LogP contribution in [0.3, 0.4) is 0 Å². The fourth-order valence-corrected chi connectivity index (χ4v) is 2.87. The third-order valence-corrected chi connectivity index (χ3v) is 3.74. The van der Waals surface area contributed by atoms with Gasteiger partial charge in [0.2, 0.25) is 0 Å². The van der Waals surface area contributed by atoms with Gasteiger partial charge in [0.15, 0.2) is 5.16 Å². The standard InChI is InChI=1S/C13H13N5OS/c14-6-4-9-12(16-10-3-1-2-8-18(9)10)20-13-15-7-5-11(19)17-13/h1-3,5,7-8H,4,6,14H2,(H,15,17,19). The summed E-state index contributed by atoms with van der Waals surface area (Å²) in [4.78, 5) is 22.7. The highest BCUT2D eigenvalue weighted by atomic mass is 32.2. The smallest absolute Gasteiger partial charge is 0.251 e. The van der Waals surface area contributed by atoms with Crippen molar-refractivity contribution in [2.75, 3.05) is 6.54 Å². The molecular formula is C13H13N5OS. The molecule has 3 N–H and O–H groups in total. The van der Waals surface area contributed by atoms with E-state index in [-0.39, 0.29) is 5.56 Å². The molecule has 0 spiro atoms. The molecule has 3 rings (SSSR count). The molecule has 0 aromatic carbocycles. The number of pyridine rings is 1. The van der Waals surface area contributed by atoms with Crippen molar-refractivity contribution in [3.05, 3.63) is 52.7 Å². The van der Waals surface area contributed by atoms with Crippen molar-refractivity contribution in [2.24, 2.45) is 5.73 Å². The maximum Gasteiger partial charge on any atom is 0.251 e. The van der Waals surface area contributed by atoms with Crippen molar-refractivity contribution in [1.82, 2.24) is 19.4 Å². The van der Waals surface area contributed by atoms with E-state index in [9.17, 15) is 4.79 Å². The van der Waals surface area contributed by atoms with Gasteiger partial charge >= 0.3 is 0 Å². The number of imidazole rings is 1. The van der Waals surface area contributed by atoms with Gasteiger partial charge in [-0.15, -0.1) is 0 Å². The van der Waals surface area contributed by atoms with Crippen LogP contribution in [0.5, 0.6) is 0 Å². The van der Waals surface area contributed by atoms with E-state index in [0.717, 1.165) is 16.4 Å². The Kier molecular flexibility index (Phi) is 3.53. The zero-order valence-electron chi connectivity index (χ0n) is 10.6. The van der Waals surface area contributed by atoms with Gasteiger partial charge in [0.05, 0.1) is 5.69 Å². The van der Waals surface area contributed by atoms with E-state index in [1.165, 1.54) is 24.0 Å². The summed E-state index contributed by atoms with van der Waals surface area (Å²) in [5, 5.41) is 1.34. The molecule has 0 radical (unpaired) electrons. The summed E-state index contributed by atoms with van der Waals surface area (Å²) < 4.78 is 2.01. The lowest BCUT2D eigenvalue weighted by Gasteiger charge is -2.02. The minimum Gasteiger partial charge on any atom is -0.330 e. The zero-order chi connectivity index (χ0) is 13.9. The number of aromatic amines is 1. The average Bonchev–Trinajstić information content (AvgIpc) is 2.77. The van der Waals surface area contributed by atoms with Crippen LogP contribution in [-0.2, 0) is 6.42 Å². The van der Waals surface area contributed by atoms with Gasteiger partial charge in [0.1, 0.15) is 10.7 Å². The van der Waals surface area contributed by atoms with Gasteiger partial charge in [-0.2, -0.15) is 0 Å². The highest BCUT2D eigenvalue weighted by Gasteiger charge is 2.13. The van der Waals surface area contributed by atoms with Crippen LogP contribution in [0.4, 0.5) is 0 Å². The molecule has 102 valence electrons. The summed E-state index contributed by atoms with van der Waals surface area (Å²) >= 11 is 1.34. The first-order valence-electron chi connectivity index (χ1n) is 6.17. The van der Waals surface area contributed by atoms with E-state index < -0.39 is 0 Å². The largest absolute Gasteiger partial charge is 0.330 e. The summed E-state index contributed by atoms with van der Waals surface area (Å²) in [6, 6.07) is 7.21. The monoisotopic (exact) mass is 287 g/mol. The summed E-state index contributed by atoms with van der Waals surface area (Å²) in [5.41, 5.74) is 7.38. The van der Waals surface area contributed by atoms with E-state index in [2.05, 4.69) is 15.0 Å². The summed E-state index contributed by atoms with van der Waals surface area (Å²) in [6.07, 6.45) is 4.16. The van der Waals surface area contributed by atoms with Crippen LogP contribution >= 0.6 is 11.8 Å². The molecule has 3 aromatic rings. The number of nitrogens with zero attached hydrogens (tertiary/aromatic N) is 3. The molecular weight excluding hydrogens is 274 g/mol. The second-order valence-electron chi connectivity index (χ2n) is 4.17. The Morgan fingerprint density at radius 1 is 1.35 bits per heavy atom. The minimum absolute atomic E-state index is 0.174. The van der Waals surface area contributed by atoms with Gasteiger partial charge < -0.3 is 15.1 Å². The Balaban J connectivity index is 2.06. The molecule has 0 saturated carbocycles. The zero-order valence-corrected chi connectivity index (χ0v) is 11.4. The number of hydrogen-bond donors (Lipinski definition) is 2. The molecule has 3 heterocycles. The van der Waals surface area contributed by atoms with Crippen LogP contribution in [0.2, 0.25) is 0 Å². The fourth-order valence-electron chi connectivity index (χ4n) is 1.97. The predicted molar refractivity (Wildman–Crippen MR) is 76.9 cm³/mol. The summed E-state index contributed by atoms with van der Waals surface area (Å²) in [7, 11) is 0. The van der Waals surface area contributed by atoms with E-state index in [0.29, 0.717) is 18.1 Å². The number of hydrogen-bond acceptors (Lipinski definition) is 5. The first-order chi connectivity index (χ1) is 9.78. The van der Waals surface area contributed by atoms with Gasteiger partial charge in [-0.25, -0.2) is 9.97 Å². The second-order valence-corrected chi connectivity index (χ2v) is 5.15. The Labute approximate surface area is 119 Å². The van der Waals surface area contributed by atoms with Crippen LogP contribution in [0.15, 0.2) is 51.6 Å². The Bertz CT molecular complexity index is 795. The first kappa shape index (κ1) is 12.9. The van der Waals surface area contributed by atoms with E-state index >= 15 is 0 Å². The molecule has 0 bridgehead atoms. The van der Waals surface area contributed by atoms with Crippen molar-refractivity contribution in [3.8, 4) is 0 Å². The molecule has 0 unspecified atom stereocenters. The molecule has 20 heavy (non-hydrogen) atoms. The van der Waals surface area contributed by atoms with Gasteiger partial charge in [-0.05, 0) is 30.4 Å². The number of nitrogens with one attached hydrogen (secondary N) is 1. The SMILES string of the molecule is NCCc1c(Sc2nccc(=O)[nH]2)nc2ccccn12. The van der Waals surface area contributed by atoms with Crippen molar-refractivity contribution in [2.45, 2.75) is 16.6 Å². The third kappa shape index (κ3) is 2.45. The Morgan fingerprint density at radius 2 is 2.25 bits per heavy atom. The fraction of sp³-hybridized carbons (Fsp3) is 0.154. The Morgan fingerprint density at radius 3 is 3.05 bits per heavy atom. The first-order valence-corrected chi connectivity index (χ1v) is 6.99. The quantitative estimate of drug-likeness (QED) is 0.701. The lowest BCUT2D eigenvalue weighted by atomic mass is 10.3. The summed E-state index contributed by atoms with van der Waals surface area (Å²) in [5.74, 6) is 0. The molecule has 0 aliphatic rings. The van der Waals surface area contributed by atoms with Crippen LogP contribution in [0.1, 0.15) is 5.69 Å². The normalized spacial score (nSPS) is 11.1. The van der Waals surface area contributed by atoms with E-state index in [1.807, 2.05) is 28.8 Å². The molecule has 0 saturated heterocycles. The van der Waals surface area contributed by atoms with E-state index in [1.54, 1.807) is 0 Å². The predicted octanol–water partition coefficient (Wildman–Crippen LogP) is 1.07. The lowest BCUT2D eigenvalue weighted by molar-refractivity contribution is 0.871. The van der Waals surface area contributed by atoms with Crippen molar-refractivity contribution < 1.29 is 0 Å². The molecule has 0 fully saturated rings. The van der Waals surface area contributed by atoms with Crippen LogP contribution in [-0.4, -0.2) is 25.9 Å². The van der Waals surface area contributed by atoms with Crippen LogP contribution < -0.4 is 11.3 Å². The highest BCUT2D eigenvalue weighted by Crippen LogP contribution is 2.27. The molecule has 0 aliphatic heterocycles. The van der Waals surface area contributed by atoms with Gasteiger partial charge in [0, 0.05) is 24.9 Å². The number of aromatic nitrogens is 4. The van der Waals surface area contributed by atoms with Crippen molar-refractivity contribution >= 4 is 17.4 Å². The van der Waals surface area contributed by atoms with Crippen molar-refractivity contribution in [3.63, 3.8) is 0 Å². The molecule has 3 aromatic heterocycles. The van der Waals surface area contributed by atoms with Gasteiger partial charge in [-0.3, -0.25) is 4.79 Å². The molecule has 6 nitrogen and oxygen atoms in total. The average molecular weight is 287 g/mol. The van der Waals surface area contributed by atoms with Crippen molar-refractivity contribution in [1.29, 1.82) is 0 Å². The summed E-state index contributed by atoms with van der Waals surface area (Å²) in [6.45, 7) is 0.537. The number of nitrogens with two attached hydrogens (primary N) is 1.